The Bertz CT molecular complexity index is 579. The second-order valence-corrected chi connectivity index (χ2v) is 4.32. The molecule has 0 aromatic heterocycles. The molecule has 0 fully saturated rings. The maximum Gasteiger partial charge on any atom is 0.187 e. The van der Waals surface area contributed by atoms with Gasteiger partial charge in [-0.1, -0.05) is 18.2 Å². The minimum absolute atomic E-state index is 0.284. The van der Waals surface area contributed by atoms with E-state index in [4.69, 9.17) is 9.84 Å². The molecule has 0 bridgehead atoms. The molecule has 0 amide bonds. The molecule has 0 aliphatic heterocycles. The average molecular weight is 279 g/mol. The van der Waals surface area contributed by atoms with Crippen molar-refractivity contribution in [3.8, 4) is 11.5 Å². The fourth-order valence-corrected chi connectivity index (χ4v) is 1.91. The molecule has 0 atom stereocenters. The van der Waals surface area contributed by atoms with Gasteiger partial charge in [0.25, 0.3) is 0 Å². The van der Waals surface area contributed by atoms with E-state index in [0.29, 0.717) is 12.1 Å². The summed E-state index contributed by atoms with van der Waals surface area (Å²) in [6.07, 6.45) is 0. The maximum atomic E-state index is 13.2. The fraction of sp³-hybridized carbons (Fsp3) is 0.200. The topological polar surface area (TPSA) is 41.5 Å². The number of hydrogen-bond acceptors (Lipinski definition) is 3. The summed E-state index contributed by atoms with van der Waals surface area (Å²) in [6.45, 7) is 0.792. The monoisotopic (exact) mass is 279 g/mol. The summed E-state index contributed by atoms with van der Waals surface area (Å²) in [6, 6.07) is 9.72. The molecular weight excluding hydrogens is 264 g/mol. The molecule has 5 heteroatoms. The van der Waals surface area contributed by atoms with Crippen LogP contribution in [-0.2, 0) is 13.1 Å². The molecule has 2 aromatic rings. The van der Waals surface area contributed by atoms with Crippen molar-refractivity contribution >= 4 is 0 Å². The Hall–Kier alpha value is -2.14. The Labute approximate surface area is 115 Å². The van der Waals surface area contributed by atoms with Crippen molar-refractivity contribution in [3.05, 3.63) is 59.2 Å². The van der Waals surface area contributed by atoms with Crippen molar-refractivity contribution in [2.75, 3.05) is 7.11 Å². The van der Waals surface area contributed by atoms with Gasteiger partial charge in [0.2, 0.25) is 0 Å². The summed E-state index contributed by atoms with van der Waals surface area (Å²) in [7, 11) is 1.59. The highest BCUT2D eigenvalue weighted by Crippen LogP contribution is 2.21. The normalized spacial score (nSPS) is 10.6. The Kier molecular flexibility index (Phi) is 4.53. The standard InChI is InChI=1S/C15H15F2NO2/c1-20-14-5-3-2-4-11(14)9-18-8-10-6-12(16)15(19)13(17)7-10/h2-7,18-19H,8-9H2,1H3. The van der Waals surface area contributed by atoms with Gasteiger partial charge in [-0.3, -0.25) is 0 Å². The molecule has 0 heterocycles. The van der Waals surface area contributed by atoms with Crippen LogP contribution in [-0.4, -0.2) is 12.2 Å². The molecule has 3 nitrogen and oxygen atoms in total. The largest absolute Gasteiger partial charge is 0.503 e. The molecule has 0 spiro atoms. The molecule has 2 N–H and O–H groups in total. The number of halogens is 2. The van der Waals surface area contributed by atoms with Crippen LogP contribution in [0.15, 0.2) is 36.4 Å². The van der Waals surface area contributed by atoms with Crippen LogP contribution in [0, 0.1) is 11.6 Å². The maximum absolute atomic E-state index is 13.2. The lowest BCUT2D eigenvalue weighted by Gasteiger charge is -2.10. The van der Waals surface area contributed by atoms with E-state index in [2.05, 4.69) is 5.32 Å². The summed E-state index contributed by atoms with van der Waals surface area (Å²) in [5, 5.41) is 12.1. The number of para-hydroxylation sites is 1. The molecular formula is C15H15F2NO2. The molecule has 20 heavy (non-hydrogen) atoms. The van der Waals surface area contributed by atoms with Crippen LogP contribution >= 0.6 is 0 Å². The smallest absolute Gasteiger partial charge is 0.187 e. The third-order valence-corrected chi connectivity index (χ3v) is 2.91. The highest BCUT2D eigenvalue weighted by atomic mass is 19.1. The van der Waals surface area contributed by atoms with Crippen molar-refractivity contribution in [1.29, 1.82) is 0 Å². The lowest BCUT2D eigenvalue weighted by Crippen LogP contribution is -2.13. The van der Waals surface area contributed by atoms with Crippen molar-refractivity contribution < 1.29 is 18.6 Å². The van der Waals surface area contributed by atoms with Crippen LogP contribution < -0.4 is 10.1 Å². The van der Waals surface area contributed by atoms with Crippen LogP contribution in [0.1, 0.15) is 11.1 Å². The Morgan fingerprint density at radius 2 is 1.75 bits per heavy atom. The van der Waals surface area contributed by atoms with E-state index < -0.39 is 17.4 Å². The van der Waals surface area contributed by atoms with Crippen molar-refractivity contribution in [2.24, 2.45) is 0 Å². The number of methoxy groups -OCH3 is 1. The Morgan fingerprint density at radius 1 is 1.10 bits per heavy atom. The van der Waals surface area contributed by atoms with Crippen LogP contribution in [0.25, 0.3) is 0 Å². The molecule has 0 radical (unpaired) electrons. The van der Waals surface area contributed by atoms with E-state index in [1.54, 1.807) is 7.11 Å². The first-order valence-electron chi connectivity index (χ1n) is 6.11. The second kappa shape index (κ2) is 6.34. The number of phenols is 1. The Morgan fingerprint density at radius 3 is 2.40 bits per heavy atom. The molecule has 0 aliphatic carbocycles. The van der Waals surface area contributed by atoms with E-state index in [1.165, 1.54) is 0 Å². The number of benzene rings is 2. The summed E-state index contributed by atoms with van der Waals surface area (Å²) in [5.74, 6) is -2.11. The van der Waals surface area contributed by atoms with Gasteiger partial charge in [-0.25, -0.2) is 8.78 Å². The number of nitrogens with one attached hydrogen (secondary N) is 1. The van der Waals surface area contributed by atoms with Crippen LogP contribution in [0.3, 0.4) is 0 Å². The number of ether oxygens (including phenoxy) is 1. The first kappa shape index (κ1) is 14.3. The van der Waals surface area contributed by atoms with E-state index in [0.717, 1.165) is 23.4 Å². The average Bonchev–Trinajstić information content (AvgIpc) is 2.45. The van der Waals surface area contributed by atoms with Gasteiger partial charge < -0.3 is 15.2 Å². The van der Waals surface area contributed by atoms with Gasteiger partial charge in [0.15, 0.2) is 17.4 Å². The van der Waals surface area contributed by atoms with E-state index >= 15 is 0 Å². The van der Waals surface area contributed by atoms with Crippen LogP contribution in [0.5, 0.6) is 11.5 Å². The SMILES string of the molecule is COc1ccccc1CNCc1cc(F)c(O)c(F)c1. The Balaban J connectivity index is 1.99. The van der Waals surface area contributed by atoms with E-state index in [9.17, 15) is 8.78 Å². The highest BCUT2D eigenvalue weighted by molar-refractivity contribution is 5.33. The molecule has 0 saturated carbocycles. The third kappa shape index (κ3) is 3.24. The van der Waals surface area contributed by atoms with Gasteiger partial charge in [-0.15, -0.1) is 0 Å². The van der Waals surface area contributed by atoms with Crippen molar-refractivity contribution in [3.63, 3.8) is 0 Å². The van der Waals surface area contributed by atoms with E-state index in [-0.39, 0.29) is 6.54 Å². The summed E-state index contributed by atoms with van der Waals surface area (Å²) in [5.41, 5.74) is 1.38. The summed E-state index contributed by atoms with van der Waals surface area (Å²) < 4.78 is 31.6. The lowest BCUT2D eigenvalue weighted by molar-refractivity contribution is 0.394. The number of phenolic OH excluding ortho intramolecular Hbond substituents is 1. The lowest BCUT2D eigenvalue weighted by atomic mass is 10.1. The predicted octanol–water partition coefficient (Wildman–Crippen LogP) is 2.97. The van der Waals surface area contributed by atoms with Gasteiger partial charge in [0.05, 0.1) is 7.11 Å². The van der Waals surface area contributed by atoms with Crippen molar-refractivity contribution in [2.45, 2.75) is 13.1 Å². The quantitative estimate of drug-likeness (QED) is 0.884. The van der Waals surface area contributed by atoms with Crippen molar-refractivity contribution in [1.82, 2.24) is 5.32 Å². The zero-order valence-corrected chi connectivity index (χ0v) is 11.0. The summed E-state index contributed by atoms with van der Waals surface area (Å²) in [4.78, 5) is 0. The van der Waals surface area contributed by atoms with Gasteiger partial charge >= 0.3 is 0 Å². The second-order valence-electron chi connectivity index (χ2n) is 4.32. The minimum atomic E-state index is -0.959. The highest BCUT2D eigenvalue weighted by Gasteiger charge is 2.09. The summed E-state index contributed by atoms with van der Waals surface area (Å²) >= 11 is 0. The van der Waals surface area contributed by atoms with E-state index in [1.807, 2.05) is 24.3 Å². The zero-order chi connectivity index (χ0) is 14.5. The molecule has 0 unspecified atom stereocenters. The van der Waals surface area contributed by atoms with Gasteiger partial charge in [0, 0.05) is 18.7 Å². The number of aromatic hydroxyl groups is 1. The van der Waals surface area contributed by atoms with Crippen LogP contribution in [0.4, 0.5) is 8.78 Å². The fourth-order valence-electron chi connectivity index (χ4n) is 1.91. The number of rotatable bonds is 5. The van der Waals surface area contributed by atoms with Gasteiger partial charge in [-0.05, 0) is 23.8 Å². The van der Waals surface area contributed by atoms with Gasteiger partial charge in [0.1, 0.15) is 5.75 Å². The first-order valence-corrected chi connectivity index (χ1v) is 6.11. The van der Waals surface area contributed by atoms with Gasteiger partial charge in [-0.2, -0.15) is 0 Å². The first-order chi connectivity index (χ1) is 9.61. The zero-order valence-electron chi connectivity index (χ0n) is 11.0. The molecule has 106 valence electrons. The molecule has 0 saturated heterocycles. The van der Waals surface area contributed by atoms with Crippen LogP contribution in [0.2, 0.25) is 0 Å². The molecule has 2 aromatic carbocycles. The third-order valence-electron chi connectivity index (χ3n) is 2.91. The molecule has 2 rings (SSSR count). The predicted molar refractivity (Wildman–Crippen MR) is 71.6 cm³/mol. The molecule has 0 aliphatic rings. The number of hydrogen-bond donors (Lipinski definition) is 2. The minimum Gasteiger partial charge on any atom is -0.503 e.